The molecule has 0 saturated heterocycles. The molecule has 6 aromatic rings. The first kappa shape index (κ1) is 27.3. The first-order chi connectivity index (χ1) is 20.8. The SMILES string of the molecule is Cc1cnc(N)c(-c2nc3ccc(-n4cccn4)nc3n2-c2ccc3c(c2)CCC3)c1.NC(=O)c1ccc(O)c(C=O)c1. The monoisotopic (exact) mass is 572 g/mol. The minimum absolute atomic E-state index is 0.0614. The second-order valence-electron chi connectivity index (χ2n) is 10.2. The zero-order valence-corrected chi connectivity index (χ0v) is 23.3. The maximum Gasteiger partial charge on any atom is 0.248 e. The lowest BCUT2D eigenvalue weighted by atomic mass is 10.1. The fourth-order valence-corrected chi connectivity index (χ4v) is 5.16. The van der Waals surface area contributed by atoms with Gasteiger partial charge < -0.3 is 16.6 Å². The van der Waals surface area contributed by atoms with Gasteiger partial charge in [0.2, 0.25) is 5.91 Å². The van der Waals surface area contributed by atoms with Crippen LogP contribution >= 0.6 is 0 Å². The van der Waals surface area contributed by atoms with Gasteiger partial charge in [-0.15, -0.1) is 0 Å². The van der Waals surface area contributed by atoms with E-state index in [0.717, 1.165) is 52.5 Å². The Morgan fingerprint density at radius 3 is 2.63 bits per heavy atom. The molecule has 0 atom stereocenters. The van der Waals surface area contributed by atoms with Crippen molar-refractivity contribution >= 4 is 29.2 Å². The molecular weight excluding hydrogens is 544 g/mol. The topological polar surface area (TPSA) is 168 Å². The number of anilines is 1. The van der Waals surface area contributed by atoms with Crippen LogP contribution in [0.15, 0.2) is 79.3 Å². The molecule has 0 fully saturated rings. The Hall–Kier alpha value is -5.84. The average Bonchev–Trinajstić information content (AvgIpc) is 3.78. The molecule has 7 rings (SSSR count). The predicted octanol–water partition coefficient (Wildman–Crippen LogP) is 4.35. The summed E-state index contributed by atoms with van der Waals surface area (Å²) in [5, 5.41) is 13.4. The lowest BCUT2D eigenvalue weighted by molar-refractivity contribution is 0.1000. The van der Waals surface area contributed by atoms with Crippen LogP contribution in [0.3, 0.4) is 0 Å². The van der Waals surface area contributed by atoms with Crippen LogP contribution in [0.1, 0.15) is 43.8 Å². The molecule has 4 aromatic heterocycles. The van der Waals surface area contributed by atoms with E-state index in [2.05, 4.69) is 32.8 Å². The summed E-state index contributed by atoms with van der Waals surface area (Å²) in [6.45, 7) is 2.01. The van der Waals surface area contributed by atoms with E-state index >= 15 is 0 Å². The fraction of sp³-hybridized carbons (Fsp3) is 0.125. The number of aldehydes is 1. The van der Waals surface area contributed by atoms with Crippen molar-refractivity contribution in [3.63, 3.8) is 0 Å². The average molecular weight is 573 g/mol. The summed E-state index contributed by atoms with van der Waals surface area (Å²) in [4.78, 5) is 35.1. The molecule has 1 aliphatic carbocycles. The minimum atomic E-state index is -0.627. The highest BCUT2D eigenvalue weighted by molar-refractivity contribution is 5.95. The lowest BCUT2D eigenvalue weighted by Crippen LogP contribution is -2.10. The number of fused-ring (bicyclic) bond motifs is 2. The number of aromatic nitrogens is 6. The summed E-state index contributed by atoms with van der Waals surface area (Å²) in [6, 6.07) is 18.3. The molecule has 0 saturated carbocycles. The van der Waals surface area contributed by atoms with Gasteiger partial charge in [-0.05, 0) is 97.5 Å². The highest BCUT2D eigenvalue weighted by atomic mass is 16.3. The zero-order valence-electron chi connectivity index (χ0n) is 23.3. The summed E-state index contributed by atoms with van der Waals surface area (Å²) in [7, 11) is 0. The van der Waals surface area contributed by atoms with E-state index in [1.54, 1.807) is 17.1 Å². The molecule has 2 aromatic carbocycles. The Labute approximate surface area is 246 Å². The number of aryl methyl sites for hydroxylation is 3. The maximum atomic E-state index is 10.6. The van der Waals surface area contributed by atoms with Crippen LogP contribution in [0.2, 0.25) is 0 Å². The summed E-state index contributed by atoms with van der Waals surface area (Å²) < 4.78 is 3.84. The Morgan fingerprint density at radius 2 is 1.86 bits per heavy atom. The molecule has 0 bridgehead atoms. The van der Waals surface area contributed by atoms with Gasteiger partial charge in [-0.3, -0.25) is 14.2 Å². The first-order valence-electron chi connectivity index (χ1n) is 13.6. The van der Waals surface area contributed by atoms with Crippen LogP contribution in [-0.2, 0) is 12.8 Å². The van der Waals surface area contributed by atoms with Gasteiger partial charge in [0, 0.05) is 29.8 Å². The molecule has 5 N–H and O–H groups in total. The number of aromatic hydroxyl groups is 1. The Morgan fingerprint density at radius 1 is 1.02 bits per heavy atom. The van der Waals surface area contributed by atoms with Crippen molar-refractivity contribution in [2.75, 3.05) is 5.73 Å². The number of imidazole rings is 1. The van der Waals surface area contributed by atoms with E-state index in [4.69, 9.17) is 26.5 Å². The predicted molar refractivity (Wildman–Crippen MR) is 162 cm³/mol. The standard InChI is InChI=1S/C24H21N7.C8H7NO3/c1-15-12-19(22(25)26-14-15)23-28-20-8-9-21(30-11-3-10-27-30)29-24(20)31(23)18-7-6-16-4-2-5-17(16)13-18;9-8(12)5-1-2-7(11)6(3-5)4-10/h3,6-14H,2,4-5H2,1H3,(H2,25,26);1-4,11H,(H2,9,12). The minimum Gasteiger partial charge on any atom is -0.507 e. The van der Waals surface area contributed by atoms with Crippen molar-refractivity contribution < 1.29 is 14.7 Å². The number of hydrogen-bond donors (Lipinski definition) is 3. The molecule has 1 amide bonds. The van der Waals surface area contributed by atoms with Gasteiger partial charge in [-0.25, -0.2) is 19.6 Å². The van der Waals surface area contributed by atoms with Crippen LogP contribution in [-0.4, -0.2) is 46.6 Å². The van der Waals surface area contributed by atoms with Crippen LogP contribution in [0.4, 0.5) is 5.82 Å². The number of amides is 1. The molecule has 11 nitrogen and oxygen atoms in total. The molecule has 0 spiro atoms. The molecule has 0 aliphatic heterocycles. The van der Waals surface area contributed by atoms with Crippen molar-refractivity contribution in [3.05, 3.63) is 107 Å². The number of carbonyl (C=O) groups is 2. The third-order valence-corrected chi connectivity index (χ3v) is 7.30. The van der Waals surface area contributed by atoms with Gasteiger partial charge in [-0.1, -0.05) is 6.07 Å². The van der Waals surface area contributed by atoms with Crippen molar-refractivity contribution in [1.29, 1.82) is 0 Å². The van der Waals surface area contributed by atoms with Crippen LogP contribution in [0.5, 0.6) is 5.75 Å². The van der Waals surface area contributed by atoms with Crippen molar-refractivity contribution in [1.82, 2.24) is 29.3 Å². The Kier molecular flexibility index (Phi) is 7.12. The summed E-state index contributed by atoms with van der Waals surface area (Å²) >= 11 is 0. The fourth-order valence-electron chi connectivity index (χ4n) is 5.16. The van der Waals surface area contributed by atoms with Crippen LogP contribution in [0, 0.1) is 6.92 Å². The third-order valence-electron chi connectivity index (χ3n) is 7.30. The highest BCUT2D eigenvalue weighted by Crippen LogP contribution is 2.33. The lowest BCUT2D eigenvalue weighted by Gasteiger charge is -2.12. The van der Waals surface area contributed by atoms with Gasteiger partial charge in [0.1, 0.15) is 17.1 Å². The van der Waals surface area contributed by atoms with Crippen molar-refractivity contribution in [2.45, 2.75) is 26.2 Å². The smallest absolute Gasteiger partial charge is 0.248 e. The summed E-state index contributed by atoms with van der Waals surface area (Å²) in [5.74, 6) is 1.15. The number of phenolic OH excluding ortho intramolecular Hbond substituents is 1. The van der Waals surface area contributed by atoms with Gasteiger partial charge in [0.25, 0.3) is 0 Å². The number of pyridine rings is 2. The van der Waals surface area contributed by atoms with Crippen molar-refractivity contribution in [3.8, 4) is 28.6 Å². The van der Waals surface area contributed by atoms with E-state index in [1.165, 1.54) is 35.7 Å². The van der Waals surface area contributed by atoms with Gasteiger partial charge in [0.05, 0.1) is 11.1 Å². The van der Waals surface area contributed by atoms with Crippen molar-refractivity contribution in [2.24, 2.45) is 5.73 Å². The first-order valence-corrected chi connectivity index (χ1v) is 13.6. The number of nitrogens with two attached hydrogens (primary N) is 2. The van der Waals surface area contributed by atoms with E-state index in [-0.39, 0.29) is 16.9 Å². The summed E-state index contributed by atoms with van der Waals surface area (Å²) in [5.41, 5.74) is 18.8. The highest BCUT2D eigenvalue weighted by Gasteiger charge is 2.21. The third kappa shape index (κ3) is 5.31. The quantitative estimate of drug-likeness (QED) is 0.256. The second kappa shape index (κ2) is 11.2. The molecule has 43 heavy (non-hydrogen) atoms. The molecule has 0 radical (unpaired) electrons. The van der Waals surface area contributed by atoms with E-state index in [1.807, 2.05) is 37.4 Å². The van der Waals surface area contributed by atoms with Crippen LogP contribution < -0.4 is 11.5 Å². The normalized spacial score (nSPS) is 12.0. The maximum absolute atomic E-state index is 10.6. The number of rotatable bonds is 5. The molecule has 214 valence electrons. The molecular formula is C32H28N8O3. The van der Waals surface area contributed by atoms with E-state index in [0.29, 0.717) is 12.1 Å². The Balaban J connectivity index is 0.000000232. The van der Waals surface area contributed by atoms with Gasteiger partial charge >= 0.3 is 0 Å². The number of phenols is 1. The number of carbonyl (C=O) groups excluding carboxylic acids is 2. The van der Waals surface area contributed by atoms with Gasteiger partial charge in [-0.2, -0.15) is 5.10 Å². The molecule has 0 unspecified atom stereocenters. The number of benzene rings is 2. The number of primary amides is 1. The summed E-state index contributed by atoms with van der Waals surface area (Å²) in [6.07, 6.45) is 9.31. The molecule has 4 heterocycles. The number of hydrogen-bond acceptors (Lipinski definition) is 8. The largest absolute Gasteiger partial charge is 0.507 e. The Bertz CT molecular complexity index is 2000. The van der Waals surface area contributed by atoms with E-state index < -0.39 is 5.91 Å². The van der Waals surface area contributed by atoms with E-state index in [9.17, 15) is 9.59 Å². The molecule has 11 heteroatoms. The molecule has 1 aliphatic rings. The van der Waals surface area contributed by atoms with Gasteiger partial charge in [0.15, 0.2) is 23.6 Å². The zero-order chi connectivity index (χ0) is 30.1. The van der Waals surface area contributed by atoms with Crippen LogP contribution in [0.25, 0.3) is 34.1 Å². The second-order valence-corrected chi connectivity index (χ2v) is 10.2. The number of nitrogen functional groups attached to an aromatic ring is 1. The number of nitrogens with zero attached hydrogens (tertiary/aromatic N) is 6.